The van der Waals surface area contributed by atoms with Gasteiger partial charge in [-0.1, -0.05) is 0 Å². The van der Waals surface area contributed by atoms with E-state index in [2.05, 4.69) is 5.10 Å². The third-order valence-corrected chi connectivity index (χ3v) is 1.82. The zero-order valence-electron chi connectivity index (χ0n) is 8.92. The molecule has 0 unspecified atom stereocenters. The molecule has 0 aliphatic rings. The van der Waals surface area contributed by atoms with Gasteiger partial charge in [-0.2, -0.15) is 23.5 Å². The summed E-state index contributed by atoms with van der Waals surface area (Å²) >= 11 is 0. The lowest BCUT2D eigenvalue weighted by Crippen LogP contribution is -2.24. The molecule has 19 heavy (non-hydrogen) atoms. The van der Waals surface area contributed by atoms with E-state index in [0.29, 0.717) is 12.1 Å². The van der Waals surface area contributed by atoms with Gasteiger partial charge in [-0.3, -0.25) is 10.2 Å². The molecule has 0 amide bonds. The minimum atomic E-state index is -5.10. The van der Waals surface area contributed by atoms with E-state index in [4.69, 9.17) is 5.26 Å². The Balaban J connectivity index is 2.86. The maximum atomic E-state index is 13.2. The van der Waals surface area contributed by atoms with Crippen molar-refractivity contribution in [2.45, 2.75) is 6.18 Å². The second kappa shape index (κ2) is 5.43. The first-order chi connectivity index (χ1) is 8.75. The topological polar surface area (TPSA) is 65.2 Å². The fraction of sp³-hybridized carbons (Fsp3) is 0.100. The summed E-state index contributed by atoms with van der Waals surface area (Å²) in [6.07, 6.45) is -5.21. The smallest absolute Gasteiger partial charge is 0.283 e. The summed E-state index contributed by atoms with van der Waals surface area (Å²) in [5.74, 6) is -4.44. The lowest BCUT2D eigenvalue weighted by molar-refractivity contribution is -0.162. The van der Waals surface area contributed by atoms with Gasteiger partial charge >= 0.3 is 6.18 Å². The molecule has 0 aliphatic heterocycles. The Morgan fingerprint density at radius 2 is 1.95 bits per heavy atom. The van der Waals surface area contributed by atoms with Crippen LogP contribution in [-0.2, 0) is 4.79 Å². The Hall–Kier alpha value is -2.50. The van der Waals surface area contributed by atoms with Crippen molar-refractivity contribution in [2.24, 2.45) is 5.10 Å². The van der Waals surface area contributed by atoms with Crippen molar-refractivity contribution in [1.82, 2.24) is 0 Å². The number of rotatable bonds is 3. The Bertz CT molecular complexity index is 574. The number of hydrogen-bond donors (Lipinski definition) is 1. The number of carbonyl (C=O) groups excluding carboxylic acids is 1. The maximum Gasteiger partial charge on any atom is 0.455 e. The largest absolute Gasteiger partial charge is 0.455 e. The number of nitriles is 1. The number of alkyl halides is 3. The van der Waals surface area contributed by atoms with Crippen LogP contribution in [0.1, 0.15) is 5.56 Å². The summed E-state index contributed by atoms with van der Waals surface area (Å²) in [6.45, 7) is 0. The number of anilines is 1. The third-order valence-electron chi connectivity index (χ3n) is 1.82. The molecule has 0 saturated heterocycles. The third kappa shape index (κ3) is 3.74. The van der Waals surface area contributed by atoms with E-state index < -0.39 is 34.8 Å². The molecule has 0 atom stereocenters. The Kier molecular flexibility index (Phi) is 4.16. The highest BCUT2D eigenvalue weighted by atomic mass is 19.4. The average molecular weight is 277 g/mol. The van der Waals surface area contributed by atoms with Gasteiger partial charge in [0.15, 0.2) is 0 Å². The summed E-state index contributed by atoms with van der Waals surface area (Å²) in [4.78, 5) is 10.4. The molecular formula is C10H4F5N3O. The first kappa shape index (κ1) is 14.6. The van der Waals surface area contributed by atoms with E-state index in [-0.39, 0.29) is 6.21 Å². The molecule has 1 rings (SSSR count). The zero-order chi connectivity index (χ0) is 14.6. The highest BCUT2D eigenvalue weighted by molar-refractivity contribution is 6.30. The highest BCUT2D eigenvalue weighted by Gasteiger charge is 2.36. The molecule has 0 spiro atoms. The number of benzene rings is 1. The van der Waals surface area contributed by atoms with Crippen LogP contribution in [0.25, 0.3) is 0 Å². The van der Waals surface area contributed by atoms with Crippen LogP contribution in [0.15, 0.2) is 17.2 Å². The highest BCUT2D eigenvalue weighted by Crippen LogP contribution is 2.19. The van der Waals surface area contributed by atoms with Gasteiger partial charge in [0.05, 0.1) is 17.5 Å². The Morgan fingerprint density at radius 1 is 1.32 bits per heavy atom. The van der Waals surface area contributed by atoms with Crippen LogP contribution in [0, 0.1) is 23.0 Å². The summed E-state index contributed by atoms with van der Waals surface area (Å²) in [5, 5.41) is 11.2. The molecule has 0 heterocycles. The summed E-state index contributed by atoms with van der Waals surface area (Å²) in [7, 11) is 0. The van der Waals surface area contributed by atoms with Crippen molar-refractivity contribution >= 4 is 17.7 Å². The maximum absolute atomic E-state index is 13.2. The number of ketones is 1. The van der Waals surface area contributed by atoms with Gasteiger partial charge in [-0.25, -0.2) is 8.78 Å². The summed E-state index contributed by atoms with van der Waals surface area (Å²) in [5.41, 5.74) is 0.553. The van der Waals surface area contributed by atoms with E-state index in [9.17, 15) is 26.7 Å². The predicted molar refractivity (Wildman–Crippen MR) is 54.2 cm³/mol. The number of hydrogen-bond acceptors (Lipinski definition) is 4. The van der Waals surface area contributed by atoms with Crippen molar-refractivity contribution in [2.75, 3.05) is 5.43 Å². The molecule has 0 bridgehead atoms. The second-order valence-electron chi connectivity index (χ2n) is 3.16. The molecule has 1 aromatic rings. The van der Waals surface area contributed by atoms with Gasteiger partial charge in [0.25, 0.3) is 5.78 Å². The summed E-state index contributed by atoms with van der Waals surface area (Å²) < 4.78 is 61.6. The monoisotopic (exact) mass is 277 g/mol. The lowest BCUT2D eigenvalue weighted by atomic mass is 10.2. The van der Waals surface area contributed by atoms with Crippen LogP contribution in [0.2, 0.25) is 0 Å². The van der Waals surface area contributed by atoms with Crippen molar-refractivity contribution in [1.29, 1.82) is 5.26 Å². The van der Waals surface area contributed by atoms with E-state index >= 15 is 0 Å². The van der Waals surface area contributed by atoms with Gasteiger partial charge in [0, 0.05) is 6.07 Å². The molecular weight excluding hydrogens is 273 g/mol. The normalized spacial score (nSPS) is 11.4. The van der Waals surface area contributed by atoms with Crippen LogP contribution in [0.4, 0.5) is 27.6 Å². The molecule has 0 aliphatic carbocycles. The molecule has 1 aromatic carbocycles. The van der Waals surface area contributed by atoms with E-state index in [1.165, 1.54) is 6.07 Å². The van der Waals surface area contributed by atoms with E-state index in [1.807, 2.05) is 0 Å². The molecule has 0 radical (unpaired) electrons. The second-order valence-corrected chi connectivity index (χ2v) is 3.16. The average Bonchev–Trinajstić information content (AvgIpc) is 2.31. The molecule has 4 nitrogen and oxygen atoms in total. The van der Waals surface area contributed by atoms with E-state index in [1.54, 1.807) is 5.43 Å². The van der Waals surface area contributed by atoms with Crippen LogP contribution < -0.4 is 5.43 Å². The number of halogens is 5. The first-order valence-corrected chi connectivity index (χ1v) is 4.55. The first-order valence-electron chi connectivity index (χ1n) is 4.55. The predicted octanol–water partition coefficient (Wildman–Crippen LogP) is 2.37. The quantitative estimate of drug-likeness (QED) is 0.524. The number of carbonyl (C=O) groups is 1. The zero-order valence-corrected chi connectivity index (χ0v) is 8.92. The minimum Gasteiger partial charge on any atom is -0.283 e. The van der Waals surface area contributed by atoms with Crippen LogP contribution >= 0.6 is 0 Å². The number of nitrogens with one attached hydrogen (secondary N) is 1. The van der Waals surface area contributed by atoms with Crippen LogP contribution in [-0.4, -0.2) is 18.2 Å². The fourth-order valence-corrected chi connectivity index (χ4v) is 0.952. The Labute approximate surface area is 103 Å². The van der Waals surface area contributed by atoms with Crippen LogP contribution in [0.5, 0.6) is 0 Å². The minimum absolute atomic E-state index is 0.116. The van der Waals surface area contributed by atoms with Gasteiger partial charge < -0.3 is 0 Å². The summed E-state index contributed by atoms with van der Waals surface area (Å²) in [6, 6.07) is 2.44. The molecule has 0 aromatic heterocycles. The van der Waals surface area contributed by atoms with Crippen molar-refractivity contribution in [3.05, 3.63) is 29.3 Å². The number of Topliss-reactive ketones (excluding diaryl/α,β-unsaturated/α-hetero) is 1. The molecule has 9 heteroatoms. The van der Waals surface area contributed by atoms with Gasteiger partial charge in [-0.15, -0.1) is 0 Å². The fourth-order valence-electron chi connectivity index (χ4n) is 0.952. The Morgan fingerprint density at radius 3 is 2.47 bits per heavy atom. The van der Waals surface area contributed by atoms with E-state index in [0.717, 1.165) is 0 Å². The van der Waals surface area contributed by atoms with Gasteiger partial charge in [0.1, 0.15) is 17.7 Å². The van der Waals surface area contributed by atoms with Crippen molar-refractivity contribution in [3.63, 3.8) is 0 Å². The number of hydrazone groups is 1. The number of nitrogens with zero attached hydrogens (tertiary/aromatic N) is 2. The lowest BCUT2D eigenvalue weighted by Gasteiger charge is -2.03. The SMILES string of the molecule is N#Cc1cc(F)c(N/N=C\C(=O)C(F)(F)F)cc1F. The molecule has 0 saturated carbocycles. The molecule has 100 valence electrons. The van der Waals surface area contributed by atoms with Crippen molar-refractivity contribution in [3.8, 4) is 6.07 Å². The molecule has 0 fully saturated rings. The standard InChI is InChI=1S/C10H4F5N3O/c11-6-2-8(7(12)1-5(6)3-16)18-17-4-9(19)10(13,14)15/h1-2,4,18H/b17-4-. The molecule has 1 N–H and O–H groups in total. The van der Waals surface area contributed by atoms with Gasteiger partial charge in [-0.05, 0) is 6.07 Å². The van der Waals surface area contributed by atoms with Gasteiger partial charge in [0.2, 0.25) is 0 Å². The van der Waals surface area contributed by atoms with Crippen molar-refractivity contribution < 1.29 is 26.7 Å². The van der Waals surface area contributed by atoms with Crippen LogP contribution in [0.3, 0.4) is 0 Å².